The number of hydrogen-bond donors (Lipinski definition) is 3. The third kappa shape index (κ3) is 3.03. The van der Waals surface area contributed by atoms with Gasteiger partial charge in [0.1, 0.15) is 5.75 Å². The predicted molar refractivity (Wildman–Crippen MR) is 88.6 cm³/mol. The topological polar surface area (TPSA) is 66.2 Å². The molecule has 0 saturated heterocycles. The van der Waals surface area contributed by atoms with Crippen molar-refractivity contribution in [3.8, 4) is 5.75 Å². The summed E-state index contributed by atoms with van der Waals surface area (Å²) in [4.78, 5) is 15.2. The van der Waals surface area contributed by atoms with Gasteiger partial charge < -0.3 is 20.4 Å². The number of carbonyl (C=O) groups excluding carboxylic acids is 1. The summed E-state index contributed by atoms with van der Waals surface area (Å²) in [7, 11) is 0. The molecule has 1 heterocycles. The number of rotatable bonds is 4. The minimum atomic E-state index is -0.283. The summed E-state index contributed by atoms with van der Waals surface area (Å²) in [5.74, 6) is 0.782. The average molecular weight is 295 g/mol. The van der Waals surface area contributed by atoms with Gasteiger partial charge in [0.25, 0.3) is 0 Å². The Bertz CT molecular complexity index is 778. The molecule has 2 amide bonds. The van der Waals surface area contributed by atoms with Crippen LogP contribution in [0.5, 0.6) is 5.75 Å². The van der Waals surface area contributed by atoms with E-state index in [4.69, 9.17) is 4.74 Å². The number of hydrogen-bond acceptors (Lipinski definition) is 2. The first-order valence-electron chi connectivity index (χ1n) is 7.13. The number of anilines is 2. The van der Waals surface area contributed by atoms with Crippen LogP contribution in [0.3, 0.4) is 0 Å². The fourth-order valence-electron chi connectivity index (χ4n) is 2.26. The SMILES string of the molecule is CCOc1ccc(NC(=O)Nc2c[nH]c3ccccc23)cc1. The molecule has 1 aromatic heterocycles. The Hall–Kier alpha value is -2.95. The van der Waals surface area contributed by atoms with E-state index < -0.39 is 0 Å². The summed E-state index contributed by atoms with van der Waals surface area (Å²) in [6, 6.07) is 14.8. The van der Waals surface area contributed by atoms with Gasteiger partial charge in [-0.2, -0.15) is 0 Å². The predicted octanol–water partition coefficient (Wildman–Crippen LogP) is 4.21. The van der Waals surface area contributed by atoms with Crippen LogP contribution in [0.2, 0.25) is 0 Å². The molecular formula is C17H17N3O2. The molecule has 3 aromatic rings. The fourth-order valence-corrected chi connectivity index (χ4v) is 2.26. The zero-order chi connectivity index (χ0) is 15.4. The van der Waals surface area contributed by atoms with E-state index in [1.165, 1.54) is 0 Å². The molecule has 0 saturated carbocycles. The molecule has 112 valence electrons. The van der Waals surface area contributed by atoms with Crippen LogP contribution in [-0.2, 0) is 0 Å². The third-order valence-corrected chi connectivity index (χ3v) is 3.26. The molecule has 0 aliphatic rings. The molecule has 3 rings (SSSR count). The second-order valence-corrected chi connectivity index (χ2v) is 4.78. The molecule has 0 fully saturated rings. The van der Waals surface area contributed by atoms with Gasteiger partial charge >= 0.3 is 6.03 Å². The first kappa shape index (κ1) is 14.0. The van der Waals surface area contributed by atoms with Crippen LogP contribution < -0.4 is 15.4 Å². The minimum absolute atomic E-state index is 0.283. The van der Waals surface area contributed by atoms with E-state index in [9.17, 15) is 4.79 Å². The number of aromatic amines is 1. The van der Waals surface area contributed by atoms with Crippen molar-refractivity contribution in [2.45, 2.75) is 6.92 Å². The summed E-state index contributed by atoms with van der Waals surface area (Å²) in [6.45, 7) is 2.55. The van der Waals surface area contributed by atoms with Gasteiger partial charge in [0, 0.05) is 22.8 Å². The number of para-hydroxylation sites is 1. The highest BCUT2D eigenvalue weighted by Gasteiger charge is 2.07. The number of carbonyl (C=O) groups is 1. The van der Waals surface area contributed by atoms with E-state index in [-0.39, 0.29) is 6.03 Å². The van der Waals surface area contributed by atoms with Gasteiger partial charge in [-0.1, -0.05) is 18.2 Å². The molecule has 0 aliphatic heterocycles. The van der Waals surface area contributed by atoms with E-state index in [0.717, 1.165) is 22.3 Å². The summed E-state index contributed by atoms with van der Waals surface area (Å²) in [5, 5.41) is 6.61. The van der Waals surface area contributed by atoms with E-state index >= 15 is 0 Å². The van der Waals surface area contributed by atoms with Crippen LogP contribution in [0.4, 0.5) is 16.2 Å². The number of benzene rings is 2. The summed E-state index contributed by atoms with van der Waals surface area (Å²) in [6.07, 6.45) is 1.78. The number of ether oxygens (including phenoxy) is 1. The molecule has 0 aliphatic carbocycles. The Labute approximate surface area is 128 Å². The quantitative estimate of drug-likeness (QED) is 0.675. The van der Waals surface area contributed by atoms with Crippen LogP contribution in [0, 0.1) is 0 Å². The van der Waals surface area contributed by atoms with Crippen LogP contribution in [0.25, 0.3) is 10.9 Å². The second kappa shape index (κ2) is 6.22. The molecule has 22 heavy (non-hydrogen) atoms. The van der Waals surface area contributed by atoms with Gasteiger partial charge in [-0.15, -0.1) is 0 Å². The molecule has 0 bridgehead atoms. The Morgan fingerprint density at radius 3 is 2.64 bits per heavy atom. The van der Waals surface area contributed by atoms with Crippen molar-refractivity contribution in [2.24, 2.45) is 0 Å². The fraction of sp³-hybridized carbons (Fsp3) is 0.118. The summed E-state index contributed by atoms with van der Waals surface area (Å²) < 4.78 is 5.37. The highest BCUT2D eigenvalue weighted by Crippen LogP contribution is 2.23. The third-order valence-electron chi connectivity index (χ3n) is 3.26. The molecule has 5 nitrogen and oxygen atoms in total. The van der Waals surface area contributed by atoms with Gasteiger partial charge in [-0.25, -0.2) is 4.79 Å². The average Bonchev–Trinajstić information content (AvgIpc) is 2.93. The molecule has 3 N–H and O–H groups in total. The Kier molecular flexibility index (Phi) is 3.96. The number of nitrogens with one attached hydrogen (secondary N) is 3. The maximum atomic E-state index is 12.1. The smallest absolute Gasteiger partial charge is 0.323 e. The molecule has 0 radical (unpaired) electrons. The van der Waals surface area contributed by atoms with Crippen molar-refractivity contribution in [3.63, 3.8) is 0 Å². The van der Waals surface area contributed by atoms with E-state index in [2.05, 4.69) is 15.6 Å². The maximum Gasteiger partial charge on any atom is 0.323 e. The maximum absolute atomic E-state index is 12.1. The monoisotopic (exact) mass is 295 g/mol. The molecule has 2 aromatic carbocycles. The molecule has 5 heteroatoms. The lowest BCUT2D eigenvalue weighted by Gasteiger charge is -2.08. The molecular weight excluding hydrogens is 278 g/mol. The first-order chi connectivity index (χ1) is 10.8. The standard InChI is InChI=1S/C17H17N3O2/c1-2-22-13-9-7-12(8-10-13)19-17(21)20-16-11-18-15-6-4-3-5-14(15)16/h3-11,18H,2H2,1H3,(H2,19,20,21). The Morgan fingerprint density at radius 2 is 1.86 bits per heavy atom. The van der Waals surface area contributed by atoms with Crippen LogP contribution in [0.15, 0.2) is 54.7 Å². The van der Waals surface area contributed by atoms with Crippen molar-refractivity contribution >= 4 is 28.3 Å². The van der Waals surface area contributed by atoms with Crippen LogP contribution in [0.1, 0.15) is 6.92 Å². The molecule has 0 unspecified atom stereocenters. The largest absolute Gasteiger partial charge is 0.494 e. The van der Waals surface area contributed by atoms with E-state index in [1.54, 1.807) is 18.3 Å². The van der Waals surface area contributed by atoms with Gasteiger partial charge in [0.2, 0.25) is 0 Å². The number of H-pyrrole nitrogens is 1. The van der Waals surface area contributed by atoms with Crippen molar-refractivity contribution in [1.29, 1.82) is 0 Å². The molecule has 0 atom stereocenters. The normalized spacial score (nSPS) is 10.4. The number of urea groups is 1. The minimum Gasteiger partial charge on any atom is -0.494 e. The highest BCUT2D eigenvalue weighted by molar-refractivity contribution is 6.05. The van der Waals surface area contributed by atoms with Gasteiger partial charge in [0.05, 0.1) is 12.3 Å². The van der Waals surface area contributed by atoms with Crippen molar-refractivity contribution in [2.75, 3.05) is 17.2 Å². The second-order valence-electron chi connectivity index (χ2n) is 4.78. The lowest BCUT2D eigenvalue weighted by molar-refractivity contribution is 0.262. The Morgan fingerprint density at radius 1 is 1.09 bits per heavy atom. The van der Waals surface area contributed by atoms with Gasteiger partial charge in [0.15, 0.2) is 0 Å². The van der Waals surface area contributed by atoms with Crippen LogP contribution in [-0.4, -0.2) is 17.6 Å². The number of fused-ring (bicyclic) bond motifs is 1. The lowest BCUT2D eigenvalue weighted by Crippen LogP contribution is -2.19. The van der Waals surface area contributed by atoms with Crippen LogP contribution >= 0.6 is 0 Å². The number of amides is 2. The van der Waals surface area contributed by atoms with E-state index in [0.29, 0.717) is 12.3 Å². The lowest BCUT2D eigenvalue weighted by atomic mass is 10.2. The van der Waals surface area contributed by atoms with Crippen molar-refractivity contribution in [1.82, 2.24) is 4.98 Å². The zero-order valence-corrected chi connectivity index (χ0v) is 12.2. The van der Waals surface area contributed by atoms with Gasteiger partial charge in [-0.3, -0.25) is 0 Å². The molecule has 0 spiro atoms. The van der Waals surface area contributed by atoms with Crippen molar-refractivity contribution < 1.29 is 9.53 Å². The first-order valence-corrected chi connectivity index (χ1v) is 7.13. The van der Waals surface area contributed by atoms with Gasteiger partial charge in [-0.05, 0) is 37.3 Å². The van der Waals surface area contributed by atoms with E-state index in [1.807, 2.05) is 43.3 Å². The zero-order valence-electron chi connectivity index (χ0n) is 12.2. The van der Waals surface area contributed by atoms with Crippen molar-refractivity contribution in [3.05, 3.63) is 54.7 Å². The summed E-state index contributed by atoms with van der Waals surface area (Å²) >= 11 is 0. The summed E-state index contributed by atoms with van der Waals surface area (Å²) in [5.41, 5.74) is 2.44. The number of aromatic nitrogens is 1. The highest BCUT2D eigenvalue weighted by atomic mass is 16.5. The Balaban J connectivity index is 1.67.